The molecule has 1 aliphatic rings. The number of rotatable bonds is 16. The third-order valence-electron chi connectivity index (χ3n) is 8.93. The van der Waals surface area contributed by atoms with E-state index in [1.807, 2.05) is 158 Å². The molecule has 268 valence electrons. The first-order chi connectivity index (χ1) is 26.1. The Kier molecular flexibility index (Phi) is 12.0. The number of benzene rings is 6. The molecule has 0 amide bonds. The molecule has 6 aromatic carbocycles. The predicted molar refractivity (Wildman–Crippen MR) is 203 cm³/mol. The maximum absolute atomic E-state index is 13.7. The van der Waals surface area contributed by atoms with Crippen molar-refractivity contribution in [2.45, 2.75) is 58.6 Å². The van der Waals surface area contributed by atoms with E-state index in [9.17, 15) is 4.79 Å². The summed E-state index contributed by atoms with van der Waals surface area (Å²) < 4.78 is 38.6. The Morgan fingerprint density at radius 1 is 0.528 bits per heavy atom. The number of ether oxygens (including phenoxy) is 6. The summed E-state index contributed by atoms with van der Waals surface area (Å²) in [7, 11) is 0. The van der Waals surface area contributed by atoms with Crippen LogP contribution >= 0.6 is 0 Å². The van der Waals surface area contributed by atoms with E-state index in [0.717, 1.165) is 33.4 Å². The average Bonchev–Trinajstić information content (AvgIpc) is 3.60. The van der Waals surface area contributed by atoms with Crippen LogP contribution in [0.5, 0.6) is 11.5 Å². The minimum atomic E-state index is -0.823. The van der Waals surface area contributed by atoms with Crippen molar-refractivity contribution in [3.05, 3.63) is 191 Å². The Morgan fingerprint density at radius 3 is 1.36 bits per heavy atom. The summed E-state index contributed by atoms with van der Waals surface area (Å²) in [5.74, 6) is 0.849. The van der Waals surface area contributed by atoms with Crippen LogP contribution in [0.25, 0.3) is 11.1 Å². The first kappa shape index (κ1) is 35.8. The van der Waals surface area contributed by atoms with Crippen LogP contribution in [0.1, 0.15) is 45.1 Å². The molecule has 0 saturated carbocycles. The molecular weight excluding hydrogens is 664 g/mol. The molecule has 0 N–H and O–H groups in total. The van der Waals surface area contributed by atoms with Gasteiger partial charge in [-0.3, -0.25) is 4.79 Å². The Morgan fingerprint density at radius 2 is 0.925 bits per heavy atom. The van der Waals surface area contributed by atoms with E-state index in [1.165, 1.54) is 0 Å². The minimum absolute atomic E-state index is 0.151. The van der Waals surface area contributed by atoms with Crippen LogP contribution in [0.3, 0.4) is 0 Å². The summed E-state index contributed by atoms with van der Waals surface area (Å²) in [5.41, 5.74) is 6.75. The molecule has 0 aliphatic carbocycles. The van der Waals surface area contributed by atoms with Crippen LogP contribution in [0.15, 0.2) is 158 Å². The molecule has 1 aliphatic heterocycles. The first-order valence-electron chi connectivity index (χ1n) is 17.8. The van der Waals surface area contributed by atoms with Crippen molar-refractivity contribution < 1.29 is 33.2 Å². The highest BCUT2D eigenvalue weighted by Crippen LogP contribution is 2.43. The number of hydrogen-bond donors (Lipinski definition) is 0. The van der Waals surface area contributed by atoms with Gasteiger partial charge in [0.2, 0.25) is 12.6 Å². The lowest BCUT2D eigenvalue weighted by molar-refractivity contribution is -0.200. The van der Waals surface area contributed by atoms with Gasteiger partial charge in [-0.05, 0) is 40.3 Å². The quantitative estimate of drug-likeness (QED) is 0.0929. The molecule has 7 heteroatoms. The second kappa shape index (κ2) is 17.8. The summed E-state index contributed by atoms with van der Waals surface area (Å²) >= 11 is 0. The number of Topliss-reactive ketones (excluding diaryl/α,β-unsaturated/α-hetero) is 1. The molecule has 6 aromatic rings. The topological polar surface area (TPSA) is 72.5 Å². The summed E-state index contributed by atoms with van der Waals surface area (Å²) in [6.07, 6.45) is -2.27. The number of carbonyl (C=O) groups is 1. The Bertz CT molecular complexity index is 1990. The molecule has 1 fully saturated rings. The van der Waals surface area contributed by atoms with E-state index < -0.39 is 18.9 Å². The maximum atomic E-state index is 13.7. The summed E-state index contributed by atoms with van der Waals surface area (Å²) in [6, 6.07) is 51.4. The lowest BCUT2D eigenvalue weighted by Gasteiger charge is -2.23. The fourth-order valence-electron chi connectivity index (χ4n) is 6.36. The summed E-state index contributed by atoms with van der Waals surface area (Å²) in [5, 5.41) is 0. The monoisotopic (exact) mass is 706 g/mol. The first-order valence-corrected chi connectivity index (χ1v) is 17.8. The zero-order valence-corrected chi connectivity index (χ0v) is 29.6. The standard InChI is InChI=1S/C46H42O7/c1-33(47)43-39(27-42-52-45(50-31-36-21-11-4-12-22-36)46(53-42)51-32-37-23-13-5-14-24-37)44(38-25-15-6-16-26-38)41(49-30-35-19-9-3-10-20-35)28-40(43)48-29-34-17-7-2-8-18-34/h2-26,28,42,45-46H,27,29-32H2,1H3/t45-,46-/m0/s1. The van der Waals surface area contributed by atoms with Crippen molar-refractivity contribution in [2.75, 3.05) is 0 Å². The van der Waals surface area contributed by atoms with E-state index >= 15 is 0 Å². The lowest BCUT2D eigenvalue weighted by Crippen LogP contribution is -2.28. The van der Waals surface area contributed by atoms with Crippen molar-refractivity contribution in [3.8, 4) is 22.6 Å². The van der Waals surface area contributed by atoms with Crippen LogP contribution < -0.4 is 9.47 Å². The molecule has 7 nitrogen and oxygen atoms in total. The van der Waals surface area contributed by atoms with Gasteiger partial charge in [-0.2, -0.15) is 0 Å². The van der Waals surface area contributed by atoms with E-state index in [0.29, 0.717) is 42.4 Å². The molecule has 1 heterocycles. The van der Waals surface area contributed by atoms with Crippen LogP contribution in [-0.4, -0.2) is 24.7 Å². The van der Waals surface area contributed by atoms with Gasteiger partial charge in [-0.25, -0.2) is 0 Å². The smallest absolute Gasteiger partial charge is 0.212 e. The molecule has 2 atom stereocenters. The molecule has 0 aromatic heterocycles. The third-order valence-corrected chi connectivity index (χ3v) is 8.93. The largest absolute Gasteiger partial charge is 0.488 e. The third kappa shape index (κ3) is 9.46. The van der Waals surface area contributed by atoms with Crippen LogP contribution in [-0.2, 0) is 51.8 Å². The number of hydrogen-bond acceptors (Lipinski definition) is 7. The van der Waals surface area contributed by atoms with Gasteiger partial charge in [0, 0.05) is 18.1 Å². The van der Waals surface area contributed by atoms with E-state index in [4.69, 9.17) is 28.4 Å². The van der Waals surface area contributed by atoms with Crippen molar-refractivity contribution in [2.24, 2.45) is 0 Å². The van der Waals surface area contributed by atoms with E-state index in [2.05, 4.69) is 0 Å². The van der Waals surface area contributed by atoms with Gasteiger partial charge in [0.25, 0.3) is 0 Å². The highest BCUT2D eigenvalue weighted by atomic mass is 16.9. The van der Waals surface area contributed by atoms with E-state index in [-0.39, 0.29) is 18.8 Å². The van der Waals surface area contributed by atoms with Gasteiger partial charge in [-0.15, -0.1) is 0 Å². The Hall–Kier alpha value is -5.57. The second-order valence-electron chi connectivity index (χ2n) is 12.8. The molecule has 0 radical (unpaired) electrons. The average molecular weight is 707 g/mol. The summed E-state index contributed by atoms with van der Waals surface area (Å²) in [4.78, 5) is 13.7. The molecule has 0 bridgehead atoms. The van der Waals surface area contributed by atoms with Crippen molar-refractivity contribution in [1.29, 1.82) is 0 Å². The highest BCUT2D eigenvalue weighted by molar-refractivity contribution is 6.01. The molecule has 1 saturated heterocycles. The van der Waals surface area contributed by atoms with Crippen molar-refractivity contribution >= 4 is 5.78 Å². The molecule has 53 heavy (non-hydrogen) atoms. The maximum Gasteiger partial charge on any atom is 0.212 e. The molecule has 0 spiro atoms. The fourth-order valence-corrected chi connectivity index (χ4v) is 6.36. The van der Waals surface area contributed by atoms with Gasteiger partial charge in [-0.1, -0.05) is 152 Å². The fraction of sp³-hybridized carbons (Fsp3) is 0.196. The molecule has 7 rings (SSSR count). The summed E-state index contributed by atoms with van der Waals surface area (Å²) in [6.45, 7) is 2.76. The zero-order chi connectivity index (χ0) is 36.2. The second-order valence-corrected chi connectivity index (χ2v) is 12.8. The molecular formula is C46H42O7. The minimum Gasteiger partial charge on any atom is -0.488 e. The normalized spacial score (nSPS) is 15.6. The highest BCUT2D eigenvalue weighted by Gasteiger charge is 2.39. The lowest BCUT2D eigenvalue weighted by atomic mass is 9.89. The van der Waals surface area contributed by atoms with Gasteiger partial charge in [0.05, 0.1) is 18.8 Å². The van der Waals surface area contributed by atoms with Crippen LogP contribution in [0.2, 0.25) is 0 Å². The SMILES string of the molecule is CC(=O)c1c(OCc2ccccc2)cc(OCc2ccccc2)c(-c2ccccc2)c1CC1O[C@H](OCc2ccccc2)[C@@H](OCc2ccccc2)O1. The van der Waals surface area contributed by atoms with Crippen molar-refractivity contribution in [1.82, 2.24) is 0 Å². The Labute approximate surface area is 310 Å². The van der Waals surface area contributed by atoms with Gasteiger partial charge in [0.1, 0.15) is 24.7 Å². The van der Waals surface area contributed by atoms with E-state index in [1.54, 1.807) is 6.92 Å². The number of carbonyl (C=O) groups excluding carboxylic acids is 1. The van der Waals surface area contributed by atoms with Crippen molar-refractivity contribution in [3.63, 3.8) is 0 Å². The zero-order valence-electron chi connectivity index (χ0n) is 29.6. The predicted octanol–water partition coefficient (Wildman–Crippen LogP) is 9.72. The van der Waals surface area contributed by atoms with Gasteiger partial charge < -0.3 is 28.4 Å². The van der Waals surface area contributed by atoms with Gasteiger partial charge >= 0.3 is 0 Å². The van der Waals surface area contributed by atoms with Crippen LogP contribution in [0.4, 0.5) is 0 Å². The Balaban J connectivity index is 1.26. The van der Waals surface area contributed by atoms with Crippen LogP contribution in [0, 0.1) is 0 Å². The number of ketones is 1. The molecule has 0 unspecified atom stereocenters. The van der Waals surface area contributed by atoms with Gasteiger partial charge in [0.15, 0.2) is 12.1 Å².